The van der Waals surface area contributed by atoms with E-state index in [2.05, 4.69) is 5.32 Å². The molecule has 21 heavy (non-hydrogen) atoms. The molecular formula is C15H21F2N3O. The van der Waals surface area contributed by atoms with E-state index in [-0.39, 0.29) is 11.9 Å². The number of carbonyl (C=O) groups is 1. The van der Waals surface area contributed by atoms with Gasteiger partial charge in [-0.25, -0.2) is 8.78 Å². The molecule has 0 bridgehead atoms. The predicted octanol–water partition coefficient (Wildman–Crippen LogP) is 1.74. The molecule has 1 amide bonds. The van der Waals surface area contributed by atoms with E-state index < -0.39 is 17.8 Å². The molecule has 0 radical (unpaired) electrons. The number of benzene rings is 1. The number of nitrogens with one attached hydrogen (secondary N) is 1. The van der Waals surface area contributed by atoms with Crippen LogP contribution in [-0.4, -0.2) is 48.9 Å². The molecule has 1 saturated heterocycles. The fraction of sp³-hybridized carbons (Fsp3) is 0.533. The Morgan fingerprint density at radius 3 is 2.67 bits per heavy atom. The van der Waals surface area contributed by atoms with E-state index in [1.165, 1.54) is 12.1 Å². The first-order valence-corrected chi connectivity index (χ1v) is 7.06. The first kappa shape index (κ1) is 15.9. The van der Waals surface area contributed by atoms with Crippen molar-refractivity contribution in [2.24, 2.45) is 0 Å². The zero-order chi connectivity index (χ0) is 15.6. The Morgan fingerprint density at radius 2 is 2.05 bits per heavy atom. The van der Waals surface area contributed by atoms with E-state index >= 15 is 0 Å². The topological polar surface area (TPSA) is 35.6 Å². The molecule has 4 nitrogen and oxygen atoms in total. The molecule has 1 fully saturated rings. The second-order valence-corrected chi connectivity index (χ2v) is 5.65. The minimum atomic E-state index is -0.632. The standard InChI is InChI=1S/C15H21F2N3O/c1-10-15(21)20(8-4-7-19(2)3)14(18-10)12-6-5-11(16)9-13(12)17/h5-6,9-10,14,18H,4,7-8H2,1-3H3. The van der Waals surface area contributed by atoms with Gasteiger partial charge in [0, 0.05) is 18.2 Å². The average Bonchev–Trinajstić information content (AvgIpc) is 2.66. The molecule has 0 aliphatic carbocycles. The number of hydrogen-bond acceptors (Lipinski definition) is 3. The highest BCUT2D eigenvalue weighted by atomic mass is 19.1. The van der Waals surface area contributed by atoms with Gasteiger partial charge in [0.1, 0.15) is 17.8 Å². The van der Waals surface area contributed by atoms with Gasteiger partial charge in [0.25, 0.3) is 0 Å². The van der Waals surface area contributed by atoms with Crippen molar-refractivity contribution in [2.45, 2.75) is 25.6 Å². The molecule has 116 valence electrons. The highest BCUT2D eigenvalue weighted by Gasteiger charge is 2.37. The van der Waals surface area contributed by atoms with E-state index in [4.69, 9.17) is 0 Å². The summed E-state index contributed by atoms with van der Waals surface area (Å²) in [7, 11) is 3.92. The zero-order valence-corrected chi connectivity index (χ0v) is 12.6. The Balaban J connectivity index is 2.17. The van der Waals surface area contributed by atoms with E-state index in [0.717, 1.165) is 19.0 Å². The molecule has 1 aliphatic rings. The number of carbonyl (C=O) groups excluding carboxylic acids is 1. The van der Waals surface area contributed by atoms with Crippen molar-refractivity contribution in [3.63, 3.8) is 0 Å². The van der Waals surface area contributed by atoms with Crippen LogP contribution in [0.3, 0.4) is 0 Å². The van der Waals surface area contributed by atoms with Gasteiger partial charge in [0.05, 0.1) is 6.04 Å². The molecule has 6 heteroatoms. The molecule has 0 saturated carbocycles. The van der Waals surface area contributed by atoms with Crippen LogP contribution < -0.4 is 5.32 Å². The van der Waals surface area contributed by atoms with E-state index in [0.29, 0.717) is 12.1 Å². The van der Waals surface area contributed by atoms with Crippen LogP contribution in [0.4, 0.5) is 8.78 Å². The Bertz CT molecular complexity index is 522. The number of halogens is 2. The quantitative estimate of drug-likeness (QED) is 0.899. The van der Waals surface area contributed by atoms with Crippen LogP contribution in [0.5, 0.6) is 0 Å². The van der Waals surface area contributed by atoms with Crippen molar-refractivity contribution in [2.75, 3.05) is 27.2 Å². The highest BCUT2D eigenvalue weighted by molar-refractivity contribution is 5.84. The minimum absolute atomic E-state index is 0.0533. The third-order valence-corrected chi connectivity index (χ3v) is 3.63. The third-order valence-electron chi connectivity index (χ3n) is 3.63. The number of hydrogen-bond donors (Lipinski definition) is 1. The van der Waals surface area contributed by atoms with Gasteiger partial charge in [0.2, 0.25) is 5.91 Å². The van der Waals surface area contributed by atoms with Gasteiger partial charge >= 0.3 is 0 Å². The van der Waals surface area contributed by atoms with E-state index in [1.807, 2.05) is 19.0 Å². The lowest BCUT2D eigenvalue weighted by Gasteiger charge is -2.25. The summed E-state index contributed by atoms with van der Waals surface area (Å²) >= 11 is 0. The lowest BCUT2D eigenvalue weighted by molar-refractivity contribution is -0.129. The van der Waals surface area contributed by atoms with Gasteiger partial charge in [-0.2, -0.15) is 0 Å². The lowest BCUT2D eigenvalue weighted by atomic mass is 10.1. The van der Waals surface area contributed by atoms with Gasteiger partial charge in [-0.15, -0.1) is 0 Å². The number of rotatable bonds is 5. The number of nitrogens with zero attached hydrogens (tertiary/aromatic N) is 2. The molecule has 0 aromatic heterocycles. The van der Waals surface area contributed by atoms with Gasteiger partial charge in [-0.3, -0.25) is 10.1 Å². The second kappa shape index (κ2) is 6.49. The Hall–Kier alpha value is -1.53. The summed E-state index contributed by atoms with van der Waals surface area (Å²) in [6, 6.07) is 3.10. The van der Waals surface area contributed by atoms with Crippen molar-refractivity contribution in [3.8, 4) is 0 Å². The minimum Gasteiger partial charge on any atom is -0.321 e. The van der Waals surface area contributed by atoms with E-state index in [9.17, 15) is 13.6 Å². The van der Waals surface area contributed by atoms with Gasteiger partial charge in [-0.1, -0.05) is 0 Å². The van der Waals surface area contributed by atoms with Crippen LogP contribution in [0.2, 0.25) is 0 Å². The highest BCUT2D eigenvalue weighted by Crippen LogP contribution is 2.27. The maximum atomic E-state index is 14.0. The summed E-state index contributed by atoms with van der Waals surface area (Å²) in [6.45, 7) is 3.13. The van der Waals surface area contributed by atoms with Crippen LogP contribution in [0.25, 0.3) is 0 Å². The van der Waals surface area contributed by atoms with Crippen molar-refractivity contribution >= 4 is 5.91 Å². The molecule has 2 atom stereocenters. The monoisotopic (exact) mass is 297 g/mol. The molecule has 1 aromatic rings. The number of amides is 1. The van der Waals surface area contributed by atoms with Crippen molar-refractivity contribution in [1.29, 1.82) is 0 Å². The molecular weight excluding hydrogens is 276 g/mol. The fourth-order valence-corrected chi connectivity index (χ4v) is 2.55. The van der Waals surface area contributed by atoms with Crippen LogP contribution >= 0.6 is 0 Å². The summed E-state index contributed by atoms with van der Waals surface area (Å²) in [5.41, 5.74) is 0.305. The van der Waals surface area contributed by atoms with Crippen molar-refractivity contribution < 1.29 is 13.6 Å². The maximum Gasteiger partial charge on any atom is 0.241 e. The fourth-order valence-electron chi connectivity index (χ4n) is 2.55. The summed E-state index contributed by atoms with van der Waals surface area (Å²) in [5, 5.41) is 3.07. The Labute approximate surface area is 123 Å². The van der Waals surface area contributed by atoms with Crippen LogP contribution in [0.15, 0.2) is 18.2 Å². The molecule has 1 heterocycles. The molecule has 0 spiro atoms. The van der Waals surface area contributed by atoms with Gasteiger partial charge < -0.3 is 9.80 Å². The average molecular weight is 297 g/mol. The van der Waals surface area contributed by atoms with Gasteiger partial charge in [-0.05, 0) is 46.1 Å². The third kappa shape index (κ3) is 3.57. The van der Waals surface area contributed by atoms with Crippen LogP contribution in [0.1, 0.15) is 25.1 Å². The molecule has 1 aromatic carbocycles. The second-order valence-electron chi connectivity index (χ2n) is 5.65. The molecule has 1 aliphatic heterocycles. The summed E-state index contributed by atoms with van der Waals surface area (Å²) < 4.78 is 27.0. The first-order valence-electron chi connectivity index (χ1n) is 7.06. The summed E-state index contributed by atoms with van der Waals surface area (Å²) in [6.07, 6.45) is 0.266. The molecule has 2 rings (SSSR count). The smallest absolute Gasteiger partial charge is 0.241 e. The Morgan fingerprint density at radius 1 is 1.33 bits per heavy atom. The summed E-state index contributed by atoms with van der Waals surface area (Å²) in [5.74, 6) is -1.30. The van der Waals surface area contributed by atoms with Crippen molar-refractivity contribution in [3.05, 3.63) is 35.4 Å². The van der Waals surface area contributed by atoms with Crippen molar-refractivity contribution in [1.82, 2.24) is 15.1 Å². The Kier molecular flexibility index (Phi) is 4.90. The normalized spacial score (nSPS) is 22.4. The molecule has 2 unspecified atom stereocenters. The molecule has 1 N–H and O–H groups in total. The van der Waals surface area contributed by atoms with Gasteiger partial charge in [0.15, 0.2) is 0 Å². The SMILES string of the molecule is CC1NC(c2ccc(F)cc2F)N(CCCN(C)C)C1=O. The predicted molar refractivity (Wildman–Crippen MR) is 76.6 cm³/mol. The first-order chi connectivity index (χ1) is 9.90. The summed E-state index contributed by atoms with van der Waals surface area (Å²) in [4.78, 5) is 15.9. The van der Waals surface area contributed by atoms with E-state index in [1.54, 1.807) is 11.8 Å². The van der Waals surface area contributed by atoms with Crippen LogP contribution in [-0.2, 0) is 4.79 Å². The zero-order valence-electron chi connectivity index (χ0n) is 12.6. The lowest BCUT2D eigenvalue weighted by Crippen LogP contribution is -2.33. The maximum absolute atomic E-state index is 14.0. The van der Waals surface area contributed by atoms with Crippen LogP contribution in [0, 0.1) is 11.6 Å². The largest absolute Gasteiger partial charge is 0.321 e.